The first-order valence-electron chi connectivity index (χ1n) is 7.97. The Morgan fingerprint density at radius 2 is 1.91 bits per heavy atom. The first-order chi connectivity index (χ1) is 11.2. The van der Waals surface area contributed by atoms with Gasteiger partial charge < -0.3 is 14.8 Å². The topological polar surface area (TPSA) is 47.6 Å². The summed E-state index contributed by atoms with van der Waals surface area (Å²) >= 11 is 0. The van der Waals surface area contributed by atoms with Crippen LogP contribution in [0.25, 0.3) is 0 Å². The van der Waals surface area contributed by atoms with Crippen LogP contribution in [0.1, 0.15) is 31.4 Å². The Bertz CT molecular complexity index is 651. The van der Waals surface area contributed by atoms with Crippen molar-refractivity contribution in [1.29, 1.82) is 0 Å². The summed E-state index contributed by atoms with van der Waals surface area (Å²) in [6.45, 7) is 2.65. The van der Waals surface area contributed by atoms with Crippen LogP contribution in [-0.2, 0) is 9.53 Å². The lowest BCUT2D eigenvalue weighted by atomic mass is 10.1. The van der Waals surface area contributed by atoms with E-state index in [2.05, 4.69) is 5.32 Å². The molecule has 0 aliphatic carbocycles. The van der Waals surface area contributed by atoms with Gasteiger partial charge in [-0.1, -0.05) is 42.5 Å². The Hall–Kier alpha value is -2.33. The summed E-state index contributed by atoms with van der Waals surface area (Å²) in [6, 6.07) is 17.5. The summed E-state index contributed by atoms with van der Waals surface area (Å²) in [5, 5.41) is 2.92. The molecule has 1 N–H and O–H groups in total. The van der Waals surface area contributed by atoms with Crippen LogP contribution in [0.15, 0.2) is 54.6 Å². The van der Waals surface area contributed by atoms with Crippen LogP contribution in [0.4, 0.5) is 5.69 Å². The molecular formula is C19H21NO3. The van der Waals surface area contributed by atoms with Crippen molar-refractivity contribution in [3.8, 4) is 5.75 Å². The van der Waals surface area contributed by atoms with Gasteiger partial charge in [0.05, 0.1) is 5.69 Å². The van der Waals surface area contributed by atoms with E-state index in [1.54, 1.807) is 0 Å². The first kappa shape index (κ1) is 15.6. The number of para-hydroxylation sites is 2. The number of nitrogens with one attached hydrogen (secondary N) is 1. The highest BCUT2D eigenvalue weighted by Crippen LogP contribution is 2.29. The summed E-state index contributed by atoms with van der Waals surface area (Å²) in [6.07, 6.45) is 1.25. The van der Waals surface area contributed by atoms with Crippen LogP contribution >= 0.6 is 0 Å². The minimum atomic E-state index is -0.352. The zero-order valence-corrected chi connectivity index (χ0v) is 13.2. The third kappa shape index (κ3) is 3.90. The smallest absolute Gasteiger partial charge is 0.253 e. The number of amides is 1. The molecule has 0 radical (unpaired) electrons. The fourth-order valence-corrected chi connectivity index (χ4v) is 2.65. The van der Waals surface area contributed by atoms with Crippen LogP contribution in [0, 0.1) is 0 Å². The minimum absolute atomic E-state index is 0.100. The van der Waals surface area contributed by atoms with Crippen molar-refractivity contribution < 1.29 is 14.3 Å². The van der Waals surface area contributed by atoms with Crippen molar-refractivity contribution in [2.24, 2.45) is 0 Å². The van der Waals surface area contributed by atoms with Gasteiger partial charge in [0, 0.05) is 6.61 Å². The van der Waals surface area contributed by atoms with Crippen LogP contribution in [0.2, 0.25) is 0 Å². The number of carbonyl (C=O) groups excluding carboxylic acids is 1. The van der Waals surface area contributed by atoms with E-state index in [1.807, 2.05) is 61.5 Å². The summed E-state index contributed by atoms with van der Waals surface area (Å²) < 4.78 is 11.5. The number of benzene rings is 2. The third-order valence-electron chi connectivity index (χ3n) is 3.94. The van der Waals surface area contributed by atoms with E-state index in [0.717, 1.165) is 18.4 Å². The Kier molecular flexibility index (Phi) is 4.93. The van der Waals surface area contributed by atoms with Gasteiger partial charge in [-0.15, -0.1) is 0 Å². The van der Waals surface area contributed by atoms with Crippen molar-refractivity contribution in [1.82, 2.24) is 0 Å². The average molecular weight is 311 g/mol. The Morgan fingerprint density at radius 3 is 2.65 bits per heavy atom. The number of ether oxygens (including phenoxy) is 2. The van der Waals surface area contributed by atoms with Gasteiger partial charge in [-0.05, 0) is 37.5 Å². The maximum absolute atomic E-state index is 12.2. The van der Waals surface area contributed by atoms with E-state index >= 15 is 0 Å². The van der Waals surface area contributed by atoms with E-state index in [-0.39, 0.29) is 18.1 Å². The first-order valence-corrected chi connectivity index (χ1v) is 7.97. The SMILES string of the molecule is C[C@@H](Oc1ccccc1NC(=O)[C@H]1CCCO1)c1ccccc1. The molecule has 0 bridgehead atoms. The quantitative estimate of drug-likeness (QED) is 0.909. The fraction of sp³-hybridized carbons (Fsp3) is 0.316. The average Bonchev–Trinajstić information content (AvgIpc) is 3.12. The molecule has 1 amide bonds. The molecule has 2 aromatic carbocycles. The predicted octanol–water partition coefficient (Wildman–Crippen LogP) is 3.94. The fourth-order valence-electron chi connectivity index (χ4n) is 2.65. The van der Waals surface area contributed by atoms with Gasteiger partial charge in [0.15, 0.2) is 0 Å². The molecule has 1 saturated heterocycles. The molecule has 1 heterocycles. The van der Waals surface area contributed by atoms with E-state index in [9.17, 15) is 4.79 Å². The molecule has 3 rings (SSSR count). The Morgan fingerprint density at radius 1 is 1.17 bits per heavy atom. The lowest BCUT2D eigenvalue weighted by molar-refractivity contribution is -0.124. The molecule has 1 aliphatic rings. The standard InChI is InChI=1S/C19H21NO3/c1-14(15-8-3-2-4-9-15)23-17-11-6-5-10-16(17)20-19(21)18-12-7-13-22-18/h2-6,8-11,14,18H,7,12-13H2,1H3,(H,20,21)/t14-,18-/m1/s1. The second-order valence-corrected chi connectivity index (χ2v) is 5.66. The molecule has 0 unspecified atom stereocenters. The summed E-state index contributed by atoms with van der Waals surface area (Å²) in [4.78, 5) is 12.2. The molecular weight excluding hydrogens is 290 g/mol. The zero-order chi connectivity index (χ0) is 16.1. The molecule has 4 nitrogen and oxygen atoms in total. The Labute approximate surface area is 136 Å². The third-order valence-corrected chi connectivity index (χ3v) is 3.94. The Balaban J connectivity index is 1.71. The van der Waals surface area contributed by atoms with Gasteiger partial charge in [0.2, 0.25) is 0 Å². The largest absolute Gasteiger partial charge is 0.484 e. The molecule has 0 spiro atoms. The van der Waals surface area contributed by atoms with Crippen LogP contribution in [0.5, 0.6) is 5.75 Å². The summed E-state index contributed by atoms with van der Waals surface area (Å²) in [5.41, 5.74) is 1.77. The molecule has 0 saturated carbocycles. The molecule has 2 aromatic rings. The number of carbonyl (C=O) groups is 1. The van der Waals surface area contributed by atoms with E-state index in [4.69, 9.17) is 9.47 Å². The highest BCUT2D eigenvalue weighted by Gasteiger charge is 2.24. The highest BCUT2D eigenvalue weighted by molar-refractivity contribution is 5.95. The van der Waals surface area contributed by atoms with Gasteiger partial charge in [-0.2, -0.15) is 0 Å². The van der Waals surface area contributed by atoms with Crippen molar-refractivity contribution in [2.75, 3.05) is 11.9 Å². The second kappa shape index (κ2) is 7.29. The summed E-state index contributed by atoms with van der Waals surface area (Å²) in [5.74, 6) is 0.557. The molecule has 4 heteroatoms. The van der Waals surface area contributed by atoms with Gasteiger partial charge in [-0.3, -0.25) is 4.79 Å². The lowest BCUT2D eigenvalue weighted by Gasteiger charge is -2.19. The van der Waals surface area contributed by atoms with E-state index < -0.39 is 0 Å². The highest BCUT2D eigenvalue weighted by atomic mass is 16.5. The normalized spacial score (nSPS) is 18.4. The number of hydrogen-bond acceptors (Lipinski definition) is 3. The van der Waals surface area contributed by atoms with E-state index in [1.165, 1.54) is 0 Å². The monoisotopic (exact) mass is 311 g/mol. The maximum atomic E-state index is 12.2. The van der Waals surface area contributed by atoms with Crippen LogP contribution in [0.3, 0.4) is 0 Å². The molecule has 1 aliphatic heterocycles. The van der Waals surface area contributed by atoms with Crippen molar-refractivity contribution in [3.63, 3.8) is 0 Å². The van der Waals surface area contributed by atoms with Crippen molar-refractivity contribution in [3.05, 3.63) is 60.2 Å². The predicted molar refractivity (Wildman–Crippen MR) is 89.5 cm³/mol. The lowest BCUT2D eigenvalue weighted by Crippen LogP contribution is -2.27. The van der Waals surface area contributed by atoms with E-state index in [0.29, 0.717) is 18.0 Å². The van der Waals surface area contributed by atoms with Gasteiger partial charge in [0.25, 0.3) is 5.91 Å². The maximum Gasteiger partial charge on any atom is 0.253 e. The number of anilines is 1. The van der Waals surface area contributed by atoms with Crippen molar-refractivity contribution >= 4 is 11.6 Å². The molecule has 23 heavy (non-hydrogen) atoms. The minimum Gasteiger partial charge on any atom is -0.484 e. The molecule has 120 valence electrons. The van der Waals surface area contributed by atoms with Gasteiger partial charge in [-0.25, -0.2) is 0 Å². The molecule has 0 aromatic heterocycles. The molecule has 1 fully saturated rings. The van der Waals surface area contributed by atoms with Gasteiger partial charge >= 0.3 is 0 Å². The molecule has 2 atom stereocenters. The summed E-state index contributed by atoms with van der Waals surface area (Å²) in [7, 11) is 0. The van der Waals surface area contributed by atoms with Gasteiger partial charge in [0.1, 0.15) is 18.0 Å². The van der Waals surface area contributed by atoms with Crippen LogP contribution in [-0.4, -0.2) is 18.6 Å². The van der Waals surface area contributed by atoms with Crippen LogP contribution < -0.4 is 10.1 Å². The number of rotatable bonds is 5. The second-order valence-electron chi connectivity index (χ2n) is 5.66. The number of hydrogen-bond donors (Lipinski definition) is 1. The van der Waals surface area contributed by atoms with Crippen molar-refractivity contribution in [2.45, 2.75) is 32.0 Å². The zero-order valence-electron chi connectivity index (χ0n) is 13.2.